The predicted octanol–water partition coefficient (Wildman–Crippen LogP) is 0.346. The Hall–Kier alpha value is -0.570. The Morgan fingerprint density at radius 2 is 2.18 bits per heavy atom. The van der Waals surface area contributed by atoms with Gasteiger partial charge in [-0.1, -0.05) is 12.8 Å². The standard InChI is InChI=1S/C8H16N2O/c1-10-6-4-2-3-5-7(10)8(9)11/h7H,2-6H2,1H3,(H2,9,11)/t7-/m0/s1. The Balaban J connectivity index is 2.52. The lowest BCUT2D eigenvalue weighted by molar-refractivity contribution is -0.122. The average Bonchev–Trinajstić information content (AvgIpc) is 2.13. The lowest BCUT2D eigenvalue weighted by Gasteiger charge is -2.21. The quantitative estimate of drug-likeness (QED) is 0.595. The molecule has 0 aliphatic carbocycles. The normalized spacial score (nSPS) is 27.9. The number of hydrogen-bond donors (Lipinski definition) is 1. The van der Waals surface area contributed by atoms with Crippen molar-refractivity contribution in [2.75, 3.05) is 13.6 Å². The van der Waals surface area contributed by atoms with Crippen molar-refractivity contribution in [3.8, 4) is 0 Å². The first-order valence-electron chi connectivity index (χ1n) is 4.21. The maximum atomic E-state index is 10.9. The molecule has 1 heterocycles. The molecule has 1 aliphatic rings. The largest absolute Gasteiger partial charge is 0.368 e. The van der Waals surface area contributed by atoms with Crippen molar-refractivity contribution in [3.05, 3.63) is 0 Å². The summed E-state index contributed by atoms with van der Waals surface area (Å²) in [5.74, 6) is -0.172. The van der Waals surface area contributed by atoms with Gasteiger partial charge >= 0.3 is 0 Å². The molecule has 0 aromatic rings. The van der Waals surface area contributed by atoms with E-state index in [2.05, 4.69) is 4.90 Å². The monoisotopic (exact) mass is 156 g/mol. The smallest absolute Gasteiger partial charge is 0.234 e. The van der Waals surface area contributed by atoms with Gasteiger partial charge in [-0.2, -0.15) is 0 Å². The number of nitrogens with two attached hydrogens (primary N) is 1. The zero-order valence-electron chi connectivity index (χ0n) is 7.05. The topological polar surface area (TPSA) is 46.3 Å². The predicted molar refractivity (Wildman–Crippen MR) is 44.1 cm³/mol. The van der Waals surface area contributed by atoms with E-state index in [9.17, 15) is 4.79 Å². The highest BCUT2D eigenvalue weighted by molar-refractivity contribution is 5.79. The molecule has 1 atom stereocenters. The van der Waals surface area contributed by atoms with E-state index in [0.29, 0.717) is 0 Å². The number of carbonyl (C=O) groups excluding carboxylic acids is 1. The van der Waals surface area contributed by atoms with Crippen molar-refractivity contribution < 1.29 is 4.79 Å². The van der Waals surface area contributed by atoms with Gasteiger partial charge in [0.1, 0.15) is 0 Å². The van der Waals surface area contributed by atoms with Gasteiger partial charge in [0.15, 0.2) is 0 Å². The van der Waals surface area contributed by atoms with Gasteiger partial charge in [0, 0.05) is 0 Å². The minimum atomic E-state index is -0.172. The molecule has 0 saturated carbocycles. The Labute approximate surface area is 67.5 Å². The average molecular weight is 156 g/mol. The number of carbonyl (C=O) groups is 1. The van der Waals surface area contributed by atoms with Crippen molar-refractivity contribution >= 4 is 5.91 Å². The van der Waals surface area contributed by atoms with E-state index in [4.69, 9.17) is 5.73 Å². The fourth-order valence-electron chi connectivity index (χ4n) is 1.61. The molecule has 1 rings (SSSR count). The molecule has 0 unspecified atom stereocenters. The molecule has 3 nitrogen and oxygen atoms in total. The molecule has 11 heavy (non-hydrogen) atoms. The third kappa shape index (κ3) is 2.19. The first-order chi connectivity index (χ1) is 5.22. The van der Waals surface area contributed by atoms with Crippen LogP contribution >= 0.6 is 0 Å². The zero-order valence-corrected chi connectivity index (χ0v) is 7.05. The summed E-state index contributed by atoms with van der Waals surface area (Å²) >= 11 is 0. The van der Waals surface area contributed by atoms with Crippen molar-refractivity contribution in [2.45, 2.75) is 31.7 Å². The molecule has 3 heteroatoms. The van der Waals surface area contributed by atoms with Gasteiger partial charge in [-0.3, -0.25) is 9.69 Å². The van der Waals surface area contributed by atoms with Gasteiger partial charge < -0.3 is 5.73 Å². The molecule has 0 radical (unpaired) electrons. The van der Waals surface area contributed by atoms with Gasteiger partial charge in [-0.15, -0.1) is 0 Å². The van der Waals surface area contributed by atoms with Crippen molar-refractivity contribution in [1.82, 2.24) is 4.90 Å². The van der Waals surface area contributed by atoms with E-state index in [0.717, 1.165) is 19.4 Å². The molecule has 1 fully saturated rings. The van der Waals surface area contributed by atoms with Crippen LogP contribution in [0.25, 0.3) is 0 Å². The van der Waals surface area contributed by atoms with Gasteiger partial charge in [0.25, 0.3) is 0 Å². The summed E-state index contributed by atoms with van der Waals surface area (Å²) in [5.41, 5.74) is 5.25. The van der Waals surface area contributed by atoms with E-state index in [1.165, 1.54) is 12.8 Å². The van der Waals surface area contributed by atoms with Crippen LogP contribution in [0, 0.1) is 0 Å². The number of rotatable bonds is 1. The number of nitrogens with zero attached hydrogens (tertiary/aromatic N) is 1. The molecular formula is C8H16N2O. The molecule has 64 valence electrons. The molecule has 1 amide bonds. The van der Waals surface area contributed by atoms with E-state index < -0.39 is 0 Å². The van der Waals surface area contributed by atoms with Gasteiger partial charge in [0.05, 0.1) is 6.04 Å². The molecule has 0 aromatic heterocycles. The van der Waals surface area contributed by atoms with E-state index in [-0.39, 0.29) is 11.9 Å². The second kappa shape index (κ2) is 3.72. The third-order valence-electron chi connectivity index (χ3n) is 2.35. The summed E-state index contributed by atoms with van der Waals surface area (Å²) in [6, 6.07) is -0.0162. The first kappa shape index (κ1) is 8.53. The summed E-state index contributed by atoms with van der Waals surface area (Å²) in [5, 5.41) is 0. The van der Waals surface area contributed by atoms with Crippen LogP contribution in [0.3, 0.4) is 0 Å². The fraction of sp³-hybridized carbons (Fsp3) is 0.875. The summed E-state index contributed by atoms with van der Waals surface area (Å²) < 4.78 is 0. The van der Waals surface area contributed by atoms with Crippen LogP contribution in [0.5, 0.6) is 0 Å². The summed E-state index contributed by atoms with van der Waals surface area (Å²) in [4.78, 5) is 13.0. The van der Waals surface area contributed by atoms with Gasteiger partial charge in [-0.25, -0.2) is 0 Å². The van der Waals surface area contributed by atoms with Gasteiger partial charge in [-0.05, 0) is 26.4 Å². The Morgan fingerprint density at radius 1 is 1.45 bits per heavy atom. The molecule has 0 aromatic carbocycles. The maximum Gasteiger partial charge on any atom is 0.234 e. The number of hydrogen-bond acceptors (Lipinski definition) is 2. The van der Waals surface area contributed by atoms with Crippen molar-refractivity contribution in [1.29, 1.82) is 0 Å². The Bertz CT molecular complexity index is 147. The van der Waals surface area contributed by atoms with E-state index in [1.807, 2.05) is 7.05 Å². The van der Waals surface area contributed by atoms with Crippen LogP contribution in [0.1, 0.15) is 25.7 Å². The highest BCUT2D eigenvalue weighted by atomic mass is 16.1. The minimum Gasteiger partial charge on any atom is -0.368 e. The highest BCUT2D eigenvalue weighted by Crippen LogP contribution is 2.14. The molecular weight excluding hydrogens is 140 g/mol. The molecule has 1 saturated heterocycles. The van der Waals surface area contributed by atoms with Gasteiger partial charge in [0.2, 0.25) is 5.91 Å². The third-order valence-corrected chi connectivity index (χ3v) is 2.35. The molecule has 0 bridgehead atoms. The lowest BCUT2D eigenvalue weighted by Crippen LogP contribution is -2.41. The second-order valence-electron chi connectivity index (χ2n) is 3.25. The van der Waals surface area contributed by atoms with Crippen LogP contribution in [-0.2, 0) is 4.79 Å². The van der Waals surface area contributed by atoms with Crippen molar-refractivity contribution in [3.63, 3.8) is 0 Å². The van der Waals surface area contributed by atoms with E-state index in [1.54, 1.807) is 0 Å². The summed E-state index contributed by atoms with van der Waals surface area (Å²) in [6.07, 6.45) is 4.50. The van der Waals surface area contributed by atoms with E-state index >= 15 is 0 Å². The summed E-state index contributed by atoms with van der Waals surface area (Å²) in [6.45, 7) is 1.01. The van der Waals surface area contributed by atoms with Crippen LogP contribution in [0.2, 0.25) is 0 Å². The minimum absolute atomic E-state index is 0.0162. The van der Waals surface area contributed by atoms with Crippen molar-refractivity contribution in [2.24, 2.45) is 5.73 Å². The first-order valence-corrected chi connectivity index (χ1v) is 4.21. The number of likely N-dealkylation sites (tertiary alicyclic amines) is 1. The zero-order chi connectivity index (χ0) is 8.27. The number of primary amides is 1. The second-order valence-corrected chi connectivity index (χ2v) is 3.25. The SMILES string of the molecule is CN1CCCCC[C@H]1C(N)=O. The Morgan fingerprint density at radius 3 is 2.82 bits per heavy atom. The van der Waals surface area contributed by atoms with Crippen LogP contribution < -0.4 is 5.73 Å². The number of amides is 1. The maximum absolute atomic E-state index is 10.9. The van der Waals surface area contributed by atoms with Crippen LogP contribution in [0.4, 0.5) is 0 Å². The summed E-state index contributed by atoms with van der Waals surface area (Å²) in [7, 11) is 1.97. The highest BCUT2D eigenvalue weighted by Gasteiger charge is 2.21. The fourth-order valence-corrected chi connectivity index (χ4v) is 1.61. The lowest BCUT2D eigenvalue weighted by atomic mass is 10.1. The van der Waals surface area contributed by atoms with Crippen LogP contribution in [0.15, 0.2) is 0 Å². The number of likely N-dealkylation sites (N-methyl/N-ethyl adjacent to an activating group) is 1. The Kier molecular flexibility index (Phi) is 2.88. The van der Waals surface area contributed by atoms with Crippen LogP contribution in [-0.4, -0.2) is 30.4 Å². The molecule has 2 N–H and O–H groups in total. The molecule has 0 spiro atoms. The molecule has 1 aliphatic heterocycles.